The number of rotatable bonds is 7. The van der Waals surface area contributed by atoms with Crippen molar-refractivity contribution in [2.24, 2.45) is 11.8 Å². The lowest BCUT2D eigenvalue weighted by Crippen LogP contribution is -2.53. The quantitative estimate of drug-likeness (QED) is 0.590. The maximum Gasteiger partial charge on any atom is 0.328 e. The Hall–Kier alpha value is -1.15. The molecule has 0 aromatic carbocycles. The lowest BCUT2D eigenvalue weighted by molar-refractivity contribution is -0.148. The first-order valence-electron chi connectivity index (χ1n) is 5.37. The van der Waals surface area contributed by atoms with Crippen LogP contribution >= 0.6 is 0 Å². The summed E-state index contributed by atoms with van der Waals surface area (Å²) in [5, 5.41) is 17.8. The standard InChI is InChI=1S/C10H18O7S/c1-6(2)4-7(3)10(9(13)14,5-8(11)12)18(15,16)17/h6-7H,4-5H2,1-3H3,(H,11,12)(H,13,14)(H,15,16,17). The Kier molecular flexibility index (Phi) is 5.30. The summed E-state index contributed by atoms with van der Waals surface area (Å²) in [6.07, 6.45) is -1.01. The molecule has 2 unspecified atom stereocenters. The first-order chi connectivity index (χ1) is 7.95. The second kappa shape index (κ2) is 5.66. The fourth-order valence-electron chi connectivity index (χ4n) is 2.04. The molecular formula is C10H18O7S. The van der Waals surface area contributed by atoms with Crippen molar-refractivity contribution in [3.8, 4) is 0 Å². The molecule has 106 valence electrons. The summed E-state index contributed by atoms with van der Waals surface area (Å²) in [5.41, 5.74) is 0. The van der Waals surface area contributed by atoms with Gasteiger partial charge in [-0.3, -0.25) is 14.1 Å². The molecule has 8 heteroatoms. The average Bonchev–Trinajstić information content (AvgIpc) is 2.09. The summed E-state index contributed by atoms with van der Waals surface area (Å²) in [4.78, 5) is 21.9. The van der Waals surface area contributed by atoms with Gasteiger partial charge in [0.25, 0.3) is 10.1 Å². The lowest BCUT2D eigenvalue weighted by atomic mass is 9.84. The van der Waals surface area contributed by atoms with Crippen molar-refractivity contribution in [2.45, 2.75) is 38.4 Å². The van der Waals surface area contributed by atoms with Crippen LogP contribution in [-0.4, -0.2) is 39.9 Å². The Labute approximate surface area is 106 Å². The Bertz CT molecular complexity index is 426. The van der Waals surface area contributed by atoms with E-state index < -0.39 is 39.1 Å². The number of carboxylic acids is 2. The molecule has 0 aliphatic carbocycles. The molecule has 0 radical (unpaired) electrons. The summed E-state index contributed by atoms with van der Waals surface area (Å²) >= 11 is 0. The van der Waals surface area contributed by atoms with Gasteiger partial charge in [0, 0.05) is 0 Å². The smallest absolute Gasteiger partial charge is 0.328 e. The maximum atomic E-state index is 11.4. The Balaban J connectivity index is 5.78. The van der Waals surface area contributed by atoms with Gasteiger partial charge in [-0.25, -0.2) is 0 Å². The monoisotopic (exact) mass is 282 g/mol. The van der Waals surface area contributed by atoms with Crippen molar-refractivity contribution >= 4 is 22.1 Å². The van der Waals surface area contributed by atoms with Crippen LogP contribution in [0, 0.1) is 11.8 Å². The highest BCUT2D eigenvalue weighted by Crippen LogP contribution is 2.34. The van der Waals surface area contributed by atoms with E-state index in [9.17, 15) is 18.0 Å². The van der Waals surface area contributed by atoms with Gasteiger partial charge in [0.05, 0.1) is 6.42 Å². The Morgan fingerprint density at radius 2 is 1.61 bits per heavy atom. The number of carbonyl (C=O) groups is 2. The molecule has 0 aromatic heterocycles. The molecule has 0 aliphatic heterocycles. The van der Waals surface area contributed by atoms with Crippen LogP contribution in [0.1, 0.15) is 33.6 Å². The fourth-order valence-corrected chi connectivity index (χ4v) is 3.17. The zero-order chi connectivity index (χ0) is 14.7. The van der Waals surface area contributed by atoms with Crippen LogP contribution in [-0.2, 0) is 19.7 Å². The lowest BCUT2D eigenvalue weighted by Gasteiger charge is -2.31. The Morgan fingerprint density at radius 3 is 1.83 bits per heavy atom. The molecule has 2 atom stereocenters. The molecule has 0 bridgehead atoms. The minimum Gasteiger partial charge on any atom is -0.481 e. The molecule has 0 spiro atoms. The van der Waals surface area contributed by atoms with E-state index in [0.717, 1.165) is 0 Å². The molecule has 0 saturated heterocycles. The highest BCUT2D eigenvalue weighted by molar-refractivity contribution is 7.88. The van der Waals surface area contributed by atoms with E-state index in [4.69, 9.17) is 14.8 Å². The van der Waals surface area contributed by atoms with Gasteiger partial charge in [-0.1, -0.05) is 20.8 Å². The third kappa shape index (κ3) is 3.42. The van der Waals surface area contributed by atoms with Crippen LogP contribution in [0.5, 0.6) is 0 Å². The molecule has 0 aromatic rings. The van der Waals surface area contributed by atoms with Gasteiger partial charge < -0.3 is 10.2 Å². The molecule has 0 amide bonds. The van der Waals surface area contributed by atoms with Crippen molar-refractivity contribution in [1.29, 1.82) is 0 Å². The second-order valence-corrected chi connectivity index (χ2v) is 6.45. The summed E-state index contributed by atoms with van der Waals surface area (Å²) in [6.45, 7) is 4.80. The molecule has 7 nitrogen and oxygen atoms in total. The average molecular weight is 282 g/mol. The van der Waals surface area contributed by atoms with Gasteiger partial charge >= 0.3 is 11.9 Å². The highest BCUT2D eigenvalue weighted by atomic mass is 32.2. The second-order valence-electron chi connectivity index (χ2n) is 4.77. The number of hydrogen-bond donors (Lipinski definition) is 3. The first kappa shape index (κ1) is 16.9. The van der Waals surface area contributed by atoms with Crippen molar-refractivity contribution in [1.82, 2.24) is 0 Å². The number of aliphatic carboxylic acids is 2. The molecule has 0 fully saturated rings. The molecule has 0 heterocycles. The molecule has 0 aliphatic rings. The van der Waals surface area contributed by atoms with Crippen molar-refractivity contribution in [2.75, 3.05) is 0 Å². The van der Waals surface area contributed by atoms with Gasteiger partial charge in [0.15, 0.2) is 0 Å². The van der Waals surface area contributed by atoms with E-state index in [-0.39, 0.29) is 12.3 Å². The van der Waals surface area contributed by atoms with Crippen molar-refractivity contribution in [3.05, 3.63) is 0 Å². The SMILES string of the molecule is CC(C)CC(C)C(CC(=O)O)(C(=O)O)S(=O)(=O)O. The number of hydrogen-bond acceptors (Lipinski definition) is 4. The fraction of sp³-hybridized carbons (Fsp3) is 0.800. The summed E-state index contributed by atoms with van der Waals surface area (Å²) < 4.78 is 29.2. The molecule has 18 heavy (non-hydrogen) atoms. The predicted molar refractivity (Wildman–Crippen MR) is 62.8 cm³/mol. The van der Waals surface area contributed by atoms with Crippen molar-refractivity contribution in [3.63, 3.8) is 0 Å². The van der Waals surface area contributed by atoms with E-state index >= 15 is 0 Å². The zero-order valence-electron chi connectivity index (χ0n) is 10.5. The van der Waals surface area contributed by atoms with Crippen LogP contribution in [0.15, 0.2) is 0 Å². The normalized spacial score (nSPS) is 17.2. The van der Waals surface area contributed by atoms with Crippen LogP contribution in [0.2, 0.25) is 0 Å². The van der Waals surface area contributed by atoms with Gasteiger partial charge in [0.2, 0.25) is 4.75 Å². The summed E-state index contributed by atoms with van der Waals surface area (Å²) in [7, 11) is -5.05. The van der Waals surface area contributed by atoms with Crippen LogP contribution < -0.4 is 0 Å². The Morgan fingerprint density at radius 1 is 1.17 bits per heavy atom. The minimum atomic E-state index is -5.05. The zero-order valence-corrected chi connectivity index (χ0v) is 11.3. The minimum absolute atomic E-state index is 0.0331. The molecule has 0 rings (SSSR count). The van der Waals surface area contributed by atoms with E-state index in [1.54, 1.807) is 13.8 Å². The summed E-state index contributed by atoms with van der Waals surface area (Å²) in [5.74, 6) is -4.50. The van der Waals surface area contributed by atoms with Gasteiger partial charge in [-0.15, -0.1) is 0 Å². The number of carboxylic acid groups (broad SMARTS) is 2. The van der Waals surface area contributed by atoms with Gasteiger partial charge in [-0.05, 0) is 18.3 Å². The topological polar surface area (TPSA) is 129 Å². The van der Waals surface area contributed by atoms with E-state index in [2.05, 4.69) is 0 Å². The van der Waals surface area contributed by atoms with E-state index in [1.807, 2.05) is 0 Å². The molecule has 0 saturated carbocycles. The van der Waals surface area contributed by atoms with Crippen LogP contribution in [0.25, 0.3) is 0 Å². The summed E-state index contributed by atoms with van der Waals surface area (Å²) in [6, 6.07) is 0. The van der Waals surface area contributed by atoms with Crippen molar-refractivity contribution < 1.29 is 32.8 Å². The molecular weight excluding hydrogens is 264 g/mol. The van der Waals surface area contributed by atoms with Crippen LogP contribution in [0.3, 0.4) is 0 Å². The first-order valence-corrected chi connectivity index (χ1v) is 6.81. The van der Waals surface area contributed by atoms with Gasteiger partial charge in [0.1, 0.15) is 0 Å². The predicted octanol–water partition coefficient (Wildman–Crippen LogP) is 0.855. The maximum absolute atomic E-state index is 11.4. The van der Waals surface area contributed by atoms with Gasteiger partial charge in [-0.2, -0.15) is 8.42 Å². The van der Waals surface area contributed by atoms with Crippen LogP contribution in [0.4, 0.5) is 0 Å². The van der Waals surface area contributed by atoms with E-state index in [1.165, 1.54) is 6.92 Å². The molecule has 3 N–H and O–H groups in total. The highest BCUT2D eigenvalue weighted by Gasteiger charge is 2.56. The third-order valence-corrected chi connectivity index (χ3v) is 4.50. The largest absolute Gasteiger partial charge is 0.481 e. The third-order valence-electron chi connectivity index (χ3n) is 2.86. The van der Waals surface area contributed by atoms with E-state index in [0.29, 0.717) is 0 Å².